The van der Waals surface area contributed by atoms with Crippen molar-refractivity contribution in [1.29, 1.82) is 0 Å². The fraction of sp³-hybridized carbons (Fsp3) is 0.500. The van der Waals surface area contributed by atoms with Crippen molar-refractivity contribution in [2.45, 2.75) is 45.1 Å². The van der Waals surface area contributed by atoms with Crippen molar-refractivity contribution in [3.8, 4) is 0 Å². The lowest BCUT2D eigenvalue weighted by molar-refractivity contribution is -0.132. The Morgan fingerprint density at radius 2 is 2.27 bits per heavy atom. The molecule has 2 aliphatic rings. The van der Waals surface area contributed by atoms with Crippen molar-refractivity contribution in [3.05, 3.63) is 45.5 Å². The van der Waals surface area contributed by atoms with Crippen molar-refractivity contribution < 1.29 is 9.21 Å². The summed E-state index contributed by atoms with van der Waals surface area (Å²) in [6.45, 7) is 3.89. The van der Waals surface area contributed by atoms with Gasteiger partial charge in [0.15, 0.2) is 0 Å². The van der Waals surface area contributed by atoms with Crippen molar-refractivity contribution in [2.24, 2.45) is 5.92 Å². The van der Waals surface area contributed by atoms with Crippen molar-refractivity contribution >= 4 is 17.2 Å². The van der Waals surface area contributed by atoms with Crippen LogP contribution in [0.1, 0.15) is 47.6 Å². The second-order valence-electron chi connectivity index (χ2n) is 6.56. The summed E-state index contributed by atoms with van der Waals surface area (Å²) in [5.74, 6) is 3.68. The van der Waals surface area contributed by atoms with Gasteiger partial charge in [-0.3, -0.25) is 4.79 Å². The highest BCUT2D eigenvalue weighted by molar-refractivity contribution is 7.10. The van der Waals surface area contributed by atoms with Crippen LogP contribution in [0.25, 0.3) is 0 Å². The first kappa shape index (κ1) is 14.1. The average Bonchev–Trinajstić information content (AvgIpc) is 2.97. The summed E-state index contributed by atoms with van der Waals surface area (Å²) in [6.07, 6.45) is 3.51. The van der Waals surface area contributed by atoms with Gasteiger partial charge in [-0.1, -0.05) is 6.92 Å². The van der Waals surface area contributed by atoms with E-state index in [0.29, 0.717) is 18.8 Å². The van der Waals surface area contributed by atoms with Gasteiger partial charge in [0.25, 0.3) is 0 Å². The van der Waals surface area contributed by atoms with Gasteiger partial charge in [0.05, 0.1) is 0 Å². The van der Waals surface area contributed by atoms with E-state index in [1.807, 2.05) is 22.3 Å². The molecule has 4 heteroatoms. The number of amides is 1. The Morgan fingerprint density at radius 1 is 1.41 bits per heavy atom. The fourth-order valence-corrected chi connectivity index (χ4v) is 4.19. The van der Waals surface area contributed by atoms with Gasteiger partial charge in [-0.05, 0) is 47.9 Å². The van der Waals surface area contributed by atoms with Gasteiger partial charge in [-0.25, -0.2) is 0 Å². The summed E-state index contributed by atoms with van der Waals surface area (Å²) in [5.41, 5.74) is 1.33. The maximum atomic E-state index is 12.4. The van der Waals surface area contributed by atoms with Crippen LogP contribution in [0.15, 0.2) is 28.0 Å². The Hall–Kier alpha value is -1.55. The number of thiophene rings is 1. The highest BCUT2D eigenvalue weighted by atomic mass is 32.1. The van der Waals surface area contributed by atoms with Gasteiger partial charge in [0.1, 0.15) is 11.5 Å². The van der Waals surface area contributed by atoms with Gasteiger partial charge < -0.3 is 9.32 Å². The number of rotatable bonds is 4. The predicted octanol–water partition coefficient (Wildman–Crippen LogP) is 3.98. The lowest BCUT2D eigenvalue weighted by Crippen LogP contribution is -2.35. The number of aryl methyl sites for hydroxylation is 1. The Balaban J connectivity index is 1.32. The molecule has 0 N–H and O–H groups in total. The number of hydrogen-bond donors (Lipinski definition) is 0. The molecule has 2 aromatic heterocycles. The lowest BCUT2D eigenvalue weighted by Gasteiger charge is -2.27. The van der Waals surface area contributed by atoms with E-state index in [-0.39, 0.29) is 5.91 Å². The van der Waals surface area contributed by atoms with Crippen molar-refractivity contribution in [2.75, 3.05) is 6.54 Å². The molecule has 1 aliphatic carbocycles. The molecule has 1 amide bonds. The molecule has 1 aliphatic heterocycles. The molecule has 0 unspecified atom stereocenters. The van der Waals surface area contributed by atoms with Crippen molar-refractivity contribution in [1.82, 2.24) is 4.90 Å². The maximum Gasteiger partial charge on any atom is 0.223 e. The smallest absolute Gasteiger partial charge is 0.223 e. The zero-order chi connectivity index (χ0) is 15.1. The molecule has 116 valence electrons. The zero-order valence-electron chi connectivity index (χ0n) is 12.9. The van der Waals surface area contributed by atoms with Crippen LogP contribution in [-0.4, -0.2) is 17.4 Å². The number of nitrogens with zero attached hydrogens (tertiary/aromatic N) is 1. The molecule has 1 fully saturated rings. The Morgan fingerprint density at radius 3 is 3.09 bits per heavy atom. The Kier molecular flexibility index (Phi) is 3.57. The largest absolute Gasteiger partial charge is 0.466 e. The van der Waals surface area contributed by atoms with Gasteiger partial charge in [0, 0.05) is 36.7 Å². The molecular formula is C18H21NO2S. The summed E-state index contributed by atoms with van der Waals surface area (Å²) in [4.78, 5) is 15.8. The minimum atomic E-state index is 0.245. The number of carbonyl (C=O) groups excluding carboxylic acids is 1. The van der Waals surface area contributed by atoms with E-state index >= 15 is 0 Å². The van der Waals surface area contributed by atoms with Gasteiger partial charge in [-0.2, -0.15) is 0 Å². The highest BCUT2D eigenvalue weighted by Crippen LogP contribution is 2.47. The number of fused-ring (bicyclic) bond motifs is 1. The molecule has 0 radical (unpaired) electrons. The first-order chi connectivity index (χ1) is 10.7. The zero-order valence-corrected chi connectivity index (χ0v) is 13.7. The third-order valence-corrected chi connectivity index (χ3v) is 5.93. The monoisotopic (exact) mass is 315 g/mol. The Bertz CT molecular complexity index is 687. The van der Waals surface area contributed by atoms with Crippen molar-refractivity contribution in [3.63, 3.8) is 0 Å². The van der Waals surface area contributed by atoms with E-state index in [9.17, 15) is 4.79 Å². The normalized spacial score (nSPS) is 23.4. The van der Waals surface area contributed by atoms with E-state index in [0.717, 1.165) is 36.9 Å². The molecule has 2 aromatic rings. The predicted molar refractivity (Wildman–Crippen MR) is 87.0 cm³/mol. The summed E-state index contributed by atoms with van der Waals surface area (Å²) in [7, 11) is 0. The van der Waals surface area contributed by atoms with Gasteiger partial charge in [-0.15, -0.1) is 11.3 Å². The molecular weight excluding hydrogens is 294 g/mol. The second kappa shape index (κ2) is 5.58. The van der Waals surface area contributed by atoms with Crippen LogP contribution in [0.2, 0.25) is 0 Å². The maximum absolute atomic E-state index is 12.4. The number of furan rings is 1. The topological polar surface area (TPSA) is 33.5 Å². The van der Waals surface area contributed by atoms with Crippen LogP contribution >= 0.6 is 11.3 Å². The Labute approximate surface area is 134 Å². The lowest BCUT2D eigenvalue weighted by atomic mass is 10.1. The van der Waals surface area contributed by atoms with Crippen LogP contribution in [0.5, 0.6) is 0 Å². The summed E-state index contributed by atoms with van der Waals surface area (Å²) in [6, 6.07) is 6.28. The molecule has 4 rings (SSSR count). The molecule has 3 heterocycles. The molecule has 0 bridgehead atoms. The molecule has 0 aromatic carbocycles. The number of hydrogen-bond acceptors (Lipinski definition) is 3. The molecule has 22 heavy (non-hydrogen) atoms. The van der Waals surface area contributed by atoms with Crippen LogP contribution in [0, 0.1) is 5.92 Å². The molecule has 0 saturated heterocycles. The quantitative estimate of drug-likeness (QED) is 0.855. The SMILES string of the molecule is C[C@H]1C[C@H]1c1ccc(CCC(=O)N2CCc3sccc3C2)o1. The van der Waals surface area contributed by atoms with Crippen LogP contribution in [0.3, 0.4) is 0 Å². The van der Waals surface area contributed by atoms with E-state index in [1.165, 1.54) is 16.9 Å². The summed E-state index contributed by atoms with van der Waals surface area (Å²) in [5, 5.41) is 2.13. The molecule has 1 saturated carbocycles. The first-order valence-electron chi connectivity index (χ1n) is 8.12. The minimum absolute atomic E-state index is 0.245. The van der Waals surface area contributed by atoms with Crippen LogP contribution in [-0.2, 0) is 24.2 Å². The number of carbonyl (C=O) groups is 1. The summed E-state index contributed by atoms with van der Waals surface area (Å²) >= 11 is 1.81. The van der Waals surface area contributed by atoms with Gasteiger partial charge in [0.2, 0.25) is 5.91 Å². The van der Waals surface area contributed by atoms with E-state index in [1.54, 1.807) is 0 Å². The highest BCUT2D eigenvalue weighted by Gasteiger charge is 2.36. The third kappa shape index (κ3) is 2.72. The van der Waals surface area contributed by atoms with E-state index < -0.39 is 0 Å². The van der Waals surface area contributed by atoms with E-state index in [2.05, 4.69) is 24.4 Å². The third-order valence-electron chi connectivity index (χ3n) is 4.90. The first-order valence-corrected chi connectivity index (χ1v) is 9.00. The minimum Gasteiger partial charge on any atom is -0.466 e. The fourth-order valence-electron chi connectivity index (χ4n) is 3.30. The second-order valence-corrected chi connectivity index (χ2v) is 7.56. The standard InChI is InChI=1S/C18H21NO2S/c1-12-10-15(12)16-4-2-14(21-16)3-5-18(20)19-8-6-17-13(11-19)7-9-22-17/h2,4,7,9,12,15H,3,5-6,8,10-11H2,1H3/t12-,15+/m0/s1. The van der Waals surface area contributed by atoms with Gasteiger partial charge >= 0.3 is 0 Å². The van der Waals surface area contributed by atoms with E-state index in [4.69, 9.17) is 4.42 Å². The molecule has 0 spiro atoms. The van der Waals surface area contributed by atoms with Crippen LogP contribution < -0.4 is 0 Å². The van der Waals surface area contributed by atoms with Crippen LogP contribution in [0.4, 0.5) is 0 Å². The molecule has 3 nitrogen and oxygen atoms in total. The average molecular weight is 315 g/mol. The summed E-state index contributed by atoms with van der Waals surface area (Å²) < 4.78 is 5.89. The molecule has 2 atom stereocenters.